The maximum absolute atomic E-state index is 10.9. The van der Waals surface area contributed by atoms with Crippen molar-refractivity contribution in [2.75, 3.05) is 7.11 Å². The Morgan fingerprint density at radius 2 is 1.83 bits per heavy atom. The van der Waals surface area contributed by atoms with Gasteiger partial charge in [-0.05, 0) is 24.3 Å². The van der Waals surface area contributed by atoms with Crippen molar-refractivity contribution in [1.29, 1.82) is 0 Å². The van der Waals surface area contributed by atoms with Gasteiger partial charge in [0.2, 0.25) is 0 Å². The topological polar surface area (TPSA) is 26.3 Å². The molecule has 0 saturated carbocycles. The number of carbonyl (C=O) groups is 1. The average Bonchev–Trinajstić information content (AvgIpc) is 2.05. The van der Waals surface area contributed by atoms with E-state index < -0.39 is 0 Å². The van der Waals surface area contributed by atoms with Gasteiger partial charge in [0.05, 0.1) is 12.7 Å². The summed E-state index contributed by atoms with van der Waals surface area (Å²) in [5.74, 6) is -0.321. The van der Waals surface area contributed by atoms with Crippen molar-refractivity contribution in [2.24, 2.45) is 0 Å². The summed E-state index contributed by atoms with van der Waals surface area (Å²) in [6, 6.07) is 6.84. The van der Waals surface area contributed by atoms with E-state index in [1.807, 2.05) is 0 Å². The zero-order valence-corrected chi connectivity index (χ0v) is 9.97. The Morgan fingerprint density at radius 1 is 1.33 bits per heavy atom. The predicted molar refractivity (Wildman–Crippen MR) is 45.0 cm³/mol. The smallest absolute Gasteiger partial charge is 0.465 e. The van der Waals surface area contributed by atoms with E-state index in [0.717, 1.165) is 4.90 Å². The first-order valence-electron chi connectivity index (χ1n) is 3.11. The van der Waals surface area contributed by atoms with Gasteiger partial charge in [-0.2, -0.15) is 0 Å². The third kappa shape index (κ3) is 3.19. The summed E-state index contributed by atoms with van der Waals surface area (Å²) < 4.78 is 4.51. The van der Waals surface area contributed by atoms with E-state index in [1.165, 1.54) is 7.11 Å². The molecule has 0 amide bonds. The quantitative estimate of drug-likeness (QED) is 0.341. The summed E-state index contributed by atoms with van der Waals surface area (Å²) in [5, 5.41) is 0. The summed E-state index contributed by atoms with van der Waals surface area (Å²) in [4.78, 5) is 11.7. The van der Waals surface area contributed by atoms with Crippen molar-refractivity contribution in [3.8, 4) is 0 Å². The molecule has 58 valence electrons. The van der Waals surface area contributed by atoms with E-state index in [0.29, 0.717) is 5.56 Å². The van der Waals surface area contributed by atoms with E-state index in [1.54, 1.807) is 24.3 Å². The number of hydrogen-bond donors (Lipinski definition) is 1. The number of ether oxygens (including phenoxy) is 1. The van der Waals surface area contributed by atoms with Crippen LogP contribution >= 0.6 is 12.6 Å². The van der Waals surface area contributed by atoms with Gasteiger partial charge in [0.15, 0.2) is 0 Å². The summed E-state index contributed by atoms with van der Waals surface area (Å²) in [5.41, 5.74) is 0.547. The molecule has 12 heavy (non-hydrogen) atoms. The van der Waals surface area contributed by atoms with Crippen LogP contribution in [0.25, 0.3) is 0 Å². The summed E-state index contributed by atoms with van der Waals surface area (Å²) in [6.45, 7) is 0. The maximum atomic E-state index is 10.9. The Labute approximate surface area is 99.0 Å². The van der Waals surface area contributed by atoms with Crippen LogP contribution in [-0.4, -0.2) is 13.1 Å². The fourth-order valence-electron chi connectivity index (χ4n) is 0.715. The molecule has 0 bridgehead atoms. The fourth-order valence-corrected chi connectivity index (χ4v) is 0.864. The van der Waals surface area contributed by atoms with Gasteiger partial charge in [0, 0.05) is 4.90 Å². The molecule has 0 aliphatic carbocycles. The van der Waals surface area contributed by atoms with Crippen LogP contribution in [0.4, 0.5) is 0 Å². The molecule has 0 saturated heterocycles. The molecule has 1 aromatic carbocycles. The van der Waals surface area contributed by atoms with E-state index in [-0.39, 0.29) is 35.5 Å². The number of carbonyl (C=O) groups excluding carboxylic acids is 1. The molecule has 0 unspecified atom stereocenters. The van der Waals surface area contributed by atoms with Crippen molar-refractivity contribution < 1.29 is 39.1 Å². The minimum Gasteiger partial charge on any atom is -0.465 e. The van der Waals surface area contributed by atoms with Crippen molar-refractivity contribution in [3.05, 3.63) is 29.8 Å². The van der Waals surface area contributed by atoms with Crippen molar-refractivity contribution in [2.45, 2.75) is 4.90 Å². The number of rotatable bonds is 1. The van der Waals surface area contributed by atoms with Crippen LogP contribution in [0.2, 0.25) is 0 Å². The molecule has 0 N–H and O–H groups in total. The SMILES string of the molecule is COC(=O)c1ccc(S)cc1.[Na+]. The minimum absolute atomic E-state index is 0. The van der Waals surface area contributed by atoms with Gasteiger partial charge in [0.1, 0.15) is 0 Å². The molecule has 0 aliphatic rings. The van der Waals surface area contributed by atoms with E-state index in [2.05, 4.69) is 17.4 Å². The Hall–Kier alpha value is 0.0400. The molecule has 0 spiro atoms. The Kier molecular flexibility index (Phi) is 5.66. The van der Waals surface area contributed by atoms with Crippen LogP contribution < -0.4 is 29.6 Å². The van der Waals surface area contributed by atoms with Crippen LogP contribution in [0.5, 0.6) is 0 Å². The van der Waals surface area contributed by atoms with Crippen LogP contribution in [0.3, 0.4) is 0 Å². The number of thiol groups is 1. The van der Waals surface area contributed by atoms with Crippen molar-refractivity contribution >= 4 is 18.6 Å². The molecule has 0 atom stereocenters. The Balaban J connectivity index is 0.00000121. The Bertz CT molecular complexity index is 258. The zero-order chi connectivity index (χ0) is 8.27. The molecule has 2 nitrogen and oxygen atoms in total. The normalized spacial score (nSPS) is 8.50. The number of benzene rings is 1. The first-order valence-corrected chi connectivity index (χ1v) is 3.56. The largest absolute Gasteiger partial charge is 1.00 e. The molecule has 4 heteroatoms. The molecule has 1 aromatic rings. The molecule has 0 aromatic heterocycles. The molecule has 1 rings (SSSR count). The standard InChI is InChI=1S/C8H8O2S.Na/c1-10-8(9)6-2-4-7(11)5-3-6;/h2-5,11H,1H3;/q;+1. The number of esters is 1. The second kappa shape index (κ2) is 5.65. The van der Waals surface area contributed by atoms with Gasteiger partial charge < -0.3 is 4.74 Å². The van der Waals surface area contributed by atoms with Gasteiger partial charge in [-0.3, -0.25) is 0 Å². The van der Waals surface area contributed by atoms with Gasteiger partial charge in [-0.15, -0.1) is 12.6 Å². The number of methoxy groups -OCH3 is 1. The molecular formula is C8H8NaO2S+. The molecule has 0 heterocycles. The van der Waals surface area contributed by atoms with Crippen molar-refractivity contribution in [3.63, 3.8) is 0 Å². The third-order valence-electron chi connectivity index (χ3n) is 1.29. The first-order chi connectivity index (χ1) is 5.24. The van der Waals surface area contributed by atoms with Crippen molar-refractivity contribution in [1.82, 2.24) is 0 Å². The zero-order valence-electron chi connectivity index (χ0n) is 7.07. The second-order valence-corrected chi connectivity index (χ2v) is 2.55. The first kappa shape index (κ1) is 12.0. The molecular weight excluding hydrogens is 183 g/mol. The van der Waals surface area contributed by atoms with E-state index >= 15 is 0 Å². The fraction of sp³-hybridized carbons (Fsp3) is 0.125. The predicted octanol–water partition coefficient (Wildman–Crippen LogP) is -1.23. The van der Waals surface area contributed by atoms with E-state index in [9.17, 15) is 4.79 Å². The van der Waals surface area contributed by atoms with Crippen LogP contribution in [-0.2, 0) is 4.74 Å². The van der Waals surface area contributed by atoms with Gasteiger partial charge in [-0.25, -0.2) is 4.79 Å². The van der Waals surface area contributed by atoms with Crippen LogP contribution in [0, 0.1) is 0 Å². The summed E-state index contributed by atoms with van der Waals surface area (Å²) in [7, 11) is 1.36. The Morgan fingerprint density at radius 3 is 2.25 bits per heavy atom. The second-order valence-electron chi connectivity index (χ2n) is 2.04. The summed E-state index contributed by atoms with van der Waals surface area (Å²) in [6.07, 6.45) is 0. The molecule has 0 radical (unpaired) electrons. The monoisotopic (exact) mass is 191 g/mol. The van der Waals surface area contributed by atoms with Crippen LogP contribution in [0.1, 0.15) is 10.4 Å². The molecule has 0 aliphatic heterocycles. The van der Waals surface area contributed by atoms with Crippen LogP contribution in [0.15, 0.2) is 29.2 Å². The van der Waals surface area contributed by atoms with Gasteiger partial charge in [0.25, 0.3) is 0 Å². The van der Waals surface area contributed by atoms with Gasteiger partial charge >= 0.3 is 35.5 Å². The minimum atomic E-state index is -0.321. The van der Waals surface area contributed by atoms with E-state index in [4.69, 9.17) is 0 Å². The number of hydrogen-bond acceptors (Lipinski definition) is 3. The third-order valence-corrected chi connectivity index (χ3v) is 1.59. The molecule has 0 fully saturated rings. The maximum Gasteiger partial charge on any atom is 1.00 e. The summed E-state index contributed by atoms with van der Waals surface area (Å²) >= 11 is 4.08. The average molecular weight is 191 g/mol. The van der Waals surface area contributed by atoms with Gasteiger partial charge in [-0.1, -0.05) is 0 Å².